The highest BCUT2D eigenvalue weighted by atomic mass is 16.5. The molecule has 0 bridgehead atoms. The molecule has 0 saturated heterocycles. The first kappa shape index (κ1) is 81.4. The van der Waals surface area contributed by atoms with Crippen LogP contribution in [0.3, 0.4) is 0 Å². The van der Waals surface area contributed by atoms with Crippen molar-refractivity contribution in [2.75, 3.05) is 14.7 Å². The van der Waals surface area contributed by atoms with Gasteiger partial charge in [0.2, 0.25) is 0 Å². The summed E-state index contributed by atoms with van der Waals surface area (Å²) in [5, 5.41) is 18.2. The number of fused-ring (bicyclic) bond motifs is 13. The second-order valence-corrected chi connectivity index (χ2v) is 37.9. The van der Waals surface area contributed by atoms with Crippen molar-refractivity contribution in [2.45, 2.75) is 12.0 Å². The zero-order valence-corrected chi connectivity index (χ0v) is 77.9. The van der Waals surface area contributed by atoms with E-state index in [-0.39, 0.29) is 12.0 Å². The zero-order chi connectivity index (χ0) is 93.8. The number of hydrogen-bond acceptors (Lipinski definition) is 4. The largest absolute Gasteiger partial charge is 0.485 e. The van der Waals surface area contributed by atoms with Crippen LogP contribution in [0.5, 0.6) is 5.75 Å². The third-order valence-electron chi connectivity index (χ3n) is 30.2. The first-order valence-electron chi connectivity index (χ1n) is 49.4. The second-order valence-electron chi connectivity index (χ2n) is 37.9. The van der Waals surface area contributed by atoms with Gasteiger partial charge in [-0.1, -0.05) is 340 Å². The normalized spacial score (nSPS) is 13.5. The Balaban J connectivity index is 0.000000102. The Morgan fingerprint density at radius 1 is 0.175 bits per heavy atom. The van der Waals surface area contributed by atoms with Crippen molar-refractivity contribution in [2.24, 2.45) is 0 Å². The van der Waals surface area contributed by atoms with Crippen molar-refractivity contribution in [1.29, 1.82) is 0 Å². The van der Waals surface area contributed by atoms with E-state index in [0.717, 1.165) is 74.0 Å². The number of anilines is 9. The lowest BCUT2D eigenvalue weighted by atomic mass is 9.91. The topological polar surface area (TPSA) is 33.7 Å². The Bertz CT molecular complexity index is 9780. The van der Waals surface area contributed by atoms with E-state index in [1.54, 1.807) is 0 Å². The van der Waals surface area contributed by atoms with Gasteiger partial charge in [-0.2, -0.15) is 0 Å². The van der Waals surface area contributed by atoms with Crippen LogP contribution in [0.2, 0.25) is 0 Å². The van der Waals surface area contributed by atoms with Crippen LogP contribution in [-0.2, 0) is 0 Å². The van der Waals surface area contributed by atoms with Gasteiger partial charge in [-0.15, -0.1) is 0 Å². The monoisotopic (exact) mass is 1820 g/mol. The number of nitrogens with zero attached hydrogens (tertiary/aromatic N) is 6. The van der Waals surface area contributed by atoms with Crippen LogP contribution in [0.1, 0.15) is 11.5 Å². The highest BCUT2D eigenvalue weighted by Gasteiger charge is 2.35. The van der Waals surface area contributed by atoms with Crippen molar-refractivity contribution < 1.29 is 4.74 Å². The maximum absolute atomic E-state index is 6.32. The number of para-hydroxylation sites is 3. The average molecular weight is 1820 g/mol. The summed E-state index contributed by atoms with van der Waals surface area (Å²) < 4.78 is 13.7. The maximum Gasteiger partial charge on any atom is 0.128 e. The van der Waals surface area contributed by atoms with Gasteiger partial charge in [0.1, 0.15) is 11.9 Å². The smallest absolute Gasteiger partial charge is 0.128 e. The maximum atomic E-state index is 6.32. The van der Waals surface area contributed by atoms with Crippen LogP contribution < -0.4 is 19.4 Å². The van der Waals surface area contributed by atoms with Crippen molar-refractivity contribution in [3.63, 3.8) is 0 Å². The molecule has 4 aliphatic carbocycles. The minimum Gasteiger partial charge on any atom is -0.485 e. The van der Waals surface area contributed by atoms with Gasteiger partial charge in [0, 0.05) is 112 Å². The number of rotatable bonds is 13. The van der Waals surface area contributed by atoms with Crippen LogP contribution in [-0.4, -0.2) is 19.8 Å². The molecule has 1 aliphatic heterocycles. The lowest BCUT2D eigenvalue weighted by molar-refractivity contribution is 0.269. The molecule has 4 heterocycles. The molecule has 0 N–H and O–H groups in total. The first-order valence-corrected chi connectivity index (χ1v) is 49.4. The molecule has 0 fully saturated rings. The number of hydrogen-bond donors (Lipinski definition) is 0. The second kappa shape index (κ2) is 33.0. The van der Waals surface area contributed by atoms with Crippen LogP contribution in [0.25, 0.3) is 203 Å². The highest BCUT2D eigenvalue weighted by Crippen LogP contribution is 2.56. The Morgan fingerprint density at radius 2 is 0.469 bits per heavy atom. The van der Waals surface area contributed by atoms with Crippen LogP contribution >= 0.6 is 0 Å². The van der Waals surface area contributed by atoms with Gasteiger partial charge in [-0.05, 0) is 303 Å². The van der Waals surface area contributed by atoms with Crippen molar-refractivity contribution >= 4 is 160 Å². The molecular formula is C136H88N6O. The molecule has 31 rings (SSSR count). The van der Waals surface area contributed by atoms with Gasteiger partial charge in [0.05, 0.1) is 33.1 Å². The summed E-state index contributed by atoms with van der Waals surface area (Å²) in [5.74, 6) is 1.19. The fourth-order valence-electron chi connectivity index (χ4n) is 24.1. The molecule has 143 heavy (non-hydrogen) atoms. The molecule has 0 amide bonds. The standard InChI is InChI=1S/C46H30N2O.C46H30N2.C44H28N2/c1-2-12-30(13-3-1)47(33-24-26-43-39(28-33)36-18-6-7-22-42(36)49-43)31-14-9-15-32(27-31)48-40-21-10-20-38-35-17-5-4-16-34(35)37-19-8-11-29-23-25-41(48)46(44(29)37)45(38)40;1-3-11-31(12-4-1)32-21-24-35(25-22-32)47(34-14-5-2-6-15-34)36-26-28-37(29-27-36)48-42-20-10-19-41-39-17-8-7-16-38(39)40-18-9-13-33-23-30-43(48)46(44(33)40)45(41)42;1-2-14-32(15-3-1)45(35-25-23-29-11-4-5-12-31(29)27-35)33-16-9-17-34(28-33)46-40-22-10-21-39-37-19-7-6-18-36(37)38-20-8-13-30-24-26-41(46)44(42(30)38)43(39)40/h1-28,36,42H;1-30H;1-28H. The molecule has 668 valence electrons. The van der Waals surface area contributed by atoms with Gasteiger partial charge < -0.3 is 33.1 Å². The Kier molecular flexibility index (Phi) is 18.8. The minimum absolute atomic E-state index is 0.0550. The molecule has 0 radical (unpaired) electrons. The quantitative estimate of drug-likeness (QED) is 0.115. The molecule has 2 unspecified atom stereocenters. The third-order valence-corrected chi connectivity index (χ3v) is 30.2. The SMILES string of the molecule is C1=CC2Oc3ccc(N(c4ccccc4)c4cccc(-n5c6cccc7c6c6c8c(cccc8ccc65)-c5ccccc5-7)c4)cc3C2C=C1.c1ccc(-c2ccc(N(c3ccccc3)c3ccc(-n4c5cccc6c5c5c7c(cccc7ccc54)-c4ccccc4-6)cc3)cc2)cc1.c1ccc(N(c2cccc(-n3c4cccc5c4c4c6c(cccc6ccc43)-c3ccccc3-5)c2)c2ccc3ccccc3c2)cc1. The Labute approximate surface area is 827 Å². The molecule has 26 aromatic rings. The van der Waals surface area contributed by atoms with E-state index < -0.39 is 0 Å². The molecule has 23 aromatic carbocycles. The Morgan fingerprint density at radius 3 is 0.916 bits per heavy atom. The summed E-state index contributed by atoms with van der Waals surface area (Å²) in [6.07, 6.45) is 8.68. The molecule has 0 spiro atoms. The first-order chi connectivity index (χ1) is 71.0. The molecule has 5 aliphatic rings. The lowest BCUT2D eigenvalue weighted by Gasteiger charge is -2.27. The average Bonchev–Trinajstić information content (AvgIpc) is 1.54. The summed E-state index contributed by atoms with van der Waals surface area (Å²) in [6.45, 7) is 0. The summed E-state index contributed by atoms with van der Waals surface area (Å²) in [6, 6.07) is 181. The van der Waals surface area contributed by atoms with Gasteiger partial charge >= 0.3 is 0 Å². The highest BCUT2D eigenvalue weighted by molar-refractivity contribution is 6.34. The molecule has 7 heteroatoms. The van der Waals surface area contributed by atoms with Crippen LogP contribution in [0.15, 0.2) is 522 Å². The number of ether oxygens (including phenoxy) is 1. The molecule has 3 aromatic heterocycles. The molecule has 0 saturated carbocycles. The Hall–Kier alpha value is -18.8. The number of benzene rings is 23. The number of aromatic nitrogens is 3. The summed E-state index contributed by atoms with van der Waals surface area (Å²) in [7, 11) is 0. The predicted octanol–water partition coefficient (Wildman–Crippen LogP) is 37.0. The summed E-state index contributed by atoms with van der Waals surface area (Å²) in [4.78, 5) is 7.06. The summed E-state index contributed by atoms with van der Waals surface area (Å²) in [5.41, 5.74) is 40.0. The van der Waals surface area contributed by atoms with Crippen LogP contribution in [0.4, 0.5) is 51.2 Å². The lowest BCUT2D eigenvalue weighted by Crippen LogP contribution is -2.15. The molecule has 7 nitrogen and oxygen atoms in total. The third kappa shape index (κ3) is 13.0. The van der Waals surface area contributed by atoms with E-state index in [2.05, 4.69) is 550 Å². The van der Waals surface area contributed by atoms with Crippen molar-refractivity contribution in [3.05, 3.63) is 527 Å². The molecule has 2 atom stereocenters. The van der Waals surface area contributed by atoms with Gasteiger partial charge in [-0.3, -0.25) is 0 Å². The predicted molar refractivity (Wildman–Crippen MR) is 601 cm³/mol. The van der Waals surface area contributed by atoms with E-state index in [1.165, 1.54) is 192 Å². The molecular weight excluding hydrogens is 1730 g/mol. The van der Waals surface area contributed by atoms with E-state index in [0.29, 0.717) is 0 Å². The van der Waals surface area contributed by atoms with Crippen molar-refractivity contribution in [3.8, 4) is 101 Å². The van der Waals surface area contributed by atoms with Gasteiger partial charge in [0.15, 0.2) is 0 Å². The summed E-state index contributed by atoms with van der Waals surface area (Å²) >= 11 is 0. The van der Waals surface area contributed by atoms with E-state index in [9.17, 15) is 0 Å². The van der Waals surface area contributed by atoms with E-state index in [4.69, 9.17) is 4.74 Å². The fourth-order valence-corrected chi connectivity index (χ4v) is 24.1. The van der Waals surface area contributed by atoms with Crippen molar-refractivity contribution in [1.82, 2.24) is 13.7 Å². The van der Waals surface area contributed by atoms with Gasteiger partial charge in [-0.25, -0.2) is 0 Å². The van der Waals surface area contributed by atoms with Crippen LogP contribution in [0, 0.1) is 0 Å². The zero-order valence-electron chi connectivity index (χ0n) is 77.9. The fraction of sp³-hybridized carbons (Fsp3) is 0.0147. The number of allylic oxidation sites excluding steroid dienone is 2. The van der Waals surface area contributed by atoms with Gasteiger partial charge in [0.25, 0.3) is 0 Å². The van der Waals surface area contributed by atoms with E-state index >= 15 is 0 Å². The minimum atomic E-state index is 0.0550. The van der Waals surface area contributed by atoms with E-state index in [1.807, 2.05) is 0 Å².